The number of carbonyl (C=O) groups excluding carboxylic acids is 2. The Hall–Kier alpha value is -4.41. The highest BCUT2D eigenvalue weighted by atomic mass is 35.5. The number of hydrogen-bond donors (Lipinski definition) is 2. The molecule has 4 aromatic rings. The number of aromatic carboxylic acids is 1. The molecule has 10 nitrogen and oxygen atoms in total. The Morgan fingerprint density at radius 3 is 2.14 bits per heavy atom. The van der Waals surface area contributed by atoms with Gasteiger partial charge in [0.05, 0.1) is 42.3 Å². The van der Waals surface area contributed by atoms with Crippen LogP contribution in [0.4, 0.5) is 0 Å². The van der Waals surface area contributed by atoms with Crippen molar-refractivity contribution in [2.45, 2.75) is 0 Å². The number of hydrogen-bond acceptors (Lipinski definition) is 7. The van der Waals surface area contributed by atoms with Gasteiger partial charge in [0.15, 0.2) is 5.69 Å². The number of halogens is 1. The van der Waals surface area contributed by atoms with Crippen LogP contribution in [0.3, 0.4) is 0 Å². The van der Waals surface area contributed by atoms with Crippen LogP contribution < -0.4 is 15.3 Å². The molecule has 3 N–H and O–H groups in total. The molecule has 0 atom stereocenters. The maximum Gasteiger partial charge on any atom is 0.356 e. The number of amides is 2. The molecular formula is C24H19ClN4O6. The third-order valence-electron chi connectivity index (χ3n) is 5.76. The largest absolute Gasteiger partial charge is 0.496 e. The van der Waals surface area contributed by atoms with E-state index in [-0.39, 0.29) is 29.2 Å². The van der Waals surface area contributed by atoms with Gasteiger partial charge in [0, 0.05) is 10.8 Å². The number of carbonyl (C=O) groups is 3. The van der Waals surface area contributed by atoms with E-state index in [4.69, 9.17) is 15.3 Å². The van der Waals surface area contributed by atoms with Gasteiger partial charge in [0.2, 0.25) is 0 Å². The van der Waals surface area contributed by atoms with Gasteiger partial charge in [-0.15, -0.1) is 12.4 Å². The molecule has 0 radical (unpaired) electrons. The van der Waals surface area contributed by atoms with Crippen LogP contribution in [0.5, 0.6) is 11.5 Å². The number of carboxylic acids is 1. The van der Waals surface area contributed by atoms with Crippen molar-refractivity contribution in [3.63, 3.8) is 0 Å². The zero-order chi connectivity index (χ0) is 24.1. The Morgan fingerprint density at radius 2 is 1.54 bits per heavy atom. The summed E-state index contributed by atoms with van der Waals surface area (Å²) in [5.41, 5.74) is 1.66. The fourth-order valence-electron chi connectivity index (χ4n) is 4.24. The second-order valence-corrected chi connectivity index (χ2v) is 7.51. The van der Waals surface area contributed by atoms with E-state index >= 15 is 0 Å². The smallest absolute Gasteiger partial charge is 0.356 e. The van der Waals surface area contributed by atoms with E-state index in [1.807, 2.05) is 0 Å². The Labute approximate surface area is 204 Å². The number of hydrazine groups is 1. The highest BCUT2D eigenvalue weighted by Gasteiger charge is 2.32. The van der Waals surface area contributed by atoms with Crippen molar-refractivity contribution in [2.75, 3.05) is 14.2 Å². The maximum atomic E-state index is 12.7. The molecule has 1 aliphatic heterocycles. The summed E-state index contributed by atoms with van der Waals surface area (Å²) < 4.78 is 12.5. The monoisotopic (exact) mass is 494 g/mol. The standard InChI is InChI=1S/C24H18N4O6.ClH/c1-33-18-7-4-8-19(34-2)21(18)17-11-15(24(31)32)26-28(17)16-10-9-14-20-12(16)5-3-6-13(20)22(29)27(25)23(14)30;/h3-11H,25H2,1-2H3,(H,31,32);1H. The van der Waals surface area contributed by atoms with Crippen molar-refractivity contribution in [3.05, 3.63) is 71.4 Å². The lowest BCUT2D eigenvalue weighted by molar-refractivity contribution is 0.0608. The van der Waals surface area contributed by atoms with Crippen LogP contribution in [0.15, 0.2) is 54.6 Å². The first-order valence-corrected chi connectivity index (χ1v) is 10.1. The van der Waals surface area contributed by atoms with Gasteiger partial charge in [-0.25, -0.2) is 20.3 Å². The highest BCUT2D eigenvalue weighted by molar-refractivity contribution is 6.26. The predicted molar refractivity (Wildman–Crippen MR) is 129 cm³/mol. The summed E-state index contributed by atoms with van der Waals surface area (Å²) in [6.07, 6.45) is 0. The SMILES string of the molecule is COc1cccc(OC)c1-c1cc(C(=O)O)nn1-c1ccc2c3c(cccc13)C(=O)N(N)C2=O.Cl. The van der Waals surface area contributed by atoms with E-state index in [0.29, 0.717) is 44.2 Å². The number of carboxylic acid groups (broad SMARTS) is 1. The fourth-order valence-corrected chi connectivity index (χ4v) is 4.24. The molecule has 178 valence electrons. The molecule has 0 unspecified atom stereocenters. The van der Waals surface area contributed by atoms with Crippen LogP contribution in [-0.2, 0) is 0 Å². The summed E-state index contributed by atoms with van der Waals surface area (Å²) in [6, 6.07) is 14.8. The minimum absolute atomic E-state index is 0. The summed E-state index contributed by atoms with van der Waals surface area (Å²) in [5, 5.41) is 15.5. The zero-order valence-corrected chi connectivity index (χ0v) is 19.3. The lowest BCUT2D eigenvalue weighted by Gasteiger charge is -2.24. The Bertz CT molecular complexity index is 1490. The van der Waals surface area contributed by atoms with E-state index < -0.39 is 17.8 Å². The second-order valence-electron chi connectivity index (χ2n) is 7.51. The van der Waals surface area contributed by atoms with Crippen molar-refractivity contribution in [1.29, 1.82) is 0 Å². The summed E-state index contributed by atoms with van der Waals surface area (Å²) in [6.45, 7) is 0. The second kappa shape index (κ2) is 8.75. The summed E-state index contributed by atoms with van der Waals surface area (Å²) in [5.74, 6) is 4.11. The number of methoxy groups -OCH3 is 2. The Balaban J connectivity index is 0.00000289. The van der Waals surface area contributed by atoms with Crippen molar-refractivity contribution < 1.29 is 29.0 Å². The first-order chi connectivity index (χ1) is 16.4. The number of nitrogens with zero attached hydrogens (tertiary/aromatic N) is 3. The average molecular weight is 495 g/mol. The highest BCUT2D eigenvalue weighted by Crippen LogP contribution is 2.41. The molecule has 11 heteroatoms. The topological polar surface area (TPSA) is 137 Å². The lowest BCUT2D eigenvalue weighted by Crippen LogP contribution is -2.45. The van der Waals surface area contributed by atoms with Gasteiger partial charge in [-0.3, -0.25) is 9.59 Å². The van der Waals surface area contributed by atoms with Gasteiger partial charge < -0.3 is 14.6 Å². The van der Waals surface area contributed by atoms with Crippen LogP contribution in [0.1, 0.15) is 31.2 Å². The van der Waals surface area contributed by atoms with Crippen molar-refractivity contribution in [3.8, 4) is 28.4 Å². The van der Waals surface area contributed by atoms with Gasteiger partial charge in [-0.05, 0) is 36.4 Å². The summed E-state index contributed by atoms with van der Waals surface area (Å²) >= 11 is 0. The first kappa shape index (κ1) is 23.7. The molecule has 35 heavy (non-hydrogen) atoms. The first-order valence-electron chi connectivity index (χ1n) is 10.1. The molecule has 0 spiro atoms. The quantitative estimate of drug-likeness (QED) is 0.245. The van der Waals surface area contributed by atoms with Crippen molar-refractivity contribution in [2.24, 2.45) is 5.84 Å². The average Bonchev–Trinajstić information content (AvgIpc) is 3.30. The Kier molecular flexibility index (Phi) is 5.93. The summed E-state index contributed by atoms with van der Waals surface area (Å²) in [4.78, 5) is 37.2. The van der Waals surface area contributed by atoms with Crippen LogP contribution >= 0.6 is 12.4 Å². The molecule has 0 saturated heterocycles. The van der Waals surface area contributed by atoms with E-state index in [0.717, 1.165) is 0 Å². The minimum Gasteiger partial charge on any atom is -0.496 e. The molecule has 0 fully saturated rings. The van der Waals surface area contributed by atoms with Gasteiger partial charge in [0.25, 0.3) is 11.8 Å². The molecule has 0 aliphatic carbocycles. The molecule has 2 amide bonds. The number of rotatable bonds is 5. The van der Waals surface area contributed by atoms with Crippen LogP contribution in [-0.4, -0.2) is 51.9 Å². The number of aromatic nitrogens is 2. The number of ether oxygens (including phenoxy) is 2. The van der Waals surface area contributed by atoms with Crippen LogP contribution in [0, 0.1) is 0 Å². The molecule has 0 saturated carbocycles. The molecule has 1 aromatic heterocycles. The predicted octanol–water partition coefficient (Wildman–Crippen LogP) is 3.30. The van der Waals surface area contributed by atoms with Gasteiger partial charge in [0.1, 0.15) is 11.5 Å². The Morgan fingerprint density at radius 1 is 0.943 bits per heavy atom. The van der Waals surface area contributed by atoms with E-state index in [1.165, 1.54) is 25.0 Å². The molecule has 0 bridgehead atoms. The molecular weight excluding hydrogens is 476 g/mol. The molecule has 3 aromatic carbocycles. The van der Waals surface area contributed by atoms with Gasteiger partial charge >= 0.3 is 5.97 Å². The molecule has 2 heterocycles. The van der Waals surface area contributed by atoms with Crippen LogP contribution in [0.25, 0.3) is 27.7 Å². The van der Waals surface area contributed by atoms with Crippen molar-refractivity contribution >= 4 is 41.0 Å². The third kappa shape index (κ3) is 3.47. The fraction of sp³-hybridized carbons (Fsp3) is 0.0833. The number of imide groups is 1. The van der Waals surface area contributed by atoms with Crippen LogP contribution in [0.2, 0.25) is 0 Å². The summed E-state index contributed by atoms with van der Waals surface area (Å²) in [7, 11) is 2.99. The third-order valence-corrected chi connectivity index (χ3v) is 5.76. The number of benzene rings is 3. The van der Waals surface area contributed by atoms with E-state index in [2.05, 4.69) is 5.10 Å². The molecule has 5 rings (SSSR count). The number of nitrogens with two attached hydrogens (primary N) is 1. The molecule has 1 aliphatic rings. The van der Waals surface area contributed by atoms with E-state index in [1.54, 1.807) is 48.5 Å². The van der Waals surface area contributed by atoms with Gasteiger partial charge in [-0.1, -0.05) is 18.2 Å². The maximum absolute atomic E-state index is 12.7. The van der Waals surface area contributed by atoms with Gasteiger partial charge in [-0.2, -0.15) is 5.10 Å². The zero-order valence-electron chi connectivity index (χ0n) is 18.5. The normalized spacial score (nSPS) is 12.5. The minimum atomic E-state index is -1.22. The van der Waals surface area contributed by atoms with Crippen molar-refractivity contribution in [1.82, 2.24) is 14.8 Å². The van der Waals surface area contributed by atoms with E-state index in [9.17, 15) is 19.5 Å². The lowest BCUT2D eigenvalue weighted by atomic mass is 9.93.